The van der Waals surface area contributed by atoms with Crippen LogP contribution in [0.1, 0.15) is 38.4 Å². The largest absolute Gasteiger partial charge is 0.325 e. The van der Waals surface area contributed by atoms with Crippen molar-refractivity contribution >= 4 is 22.6 Å². The second-order valence-corrected chi connectivity index (χ2v) is 6.26. The predicted octanol–water partition coefficient (Wildman–Crippen LogP) is 4.21. The standard InChI is InChI=1S/C16H23ClFN3/c1-5-11(2)20(4)8-9-21-15-10-13(18)6-7-14(15)19-16(21)12(3)17/h6-7,10-12H,5,8-9H2,1-4H3. The molecule has 0 aliphatic heterocycles. The molecule has 0 fully saturated rings. The Morgan fingerprint density at radius 1 is 1.38 bits per heavy atom. The minimum atomic E-state index is -0.243. The zero-order valence-corrected chi connectivity index (χ0v) is 13.9. The molecule has 1 heterocycles. The molecule has 0 aliphatic carbocycles. The Balaban J connectivity index is 2.32. The lowest BCUT2D eigenvalue weighted by Crippen LogP contribution is -2.31. The highest BCUT2D eigenvalue weighted by Crippen LogP contribution is 2.25. The molecular weight excluding hydrogens is 289 g/mol. The fraction of sp³-hybridized carbons (Fsp3) is 0.562. The molecule has 2 rings (SSSR count). The van der Waals surface area contributed by atoms with Crippen LogP contribution in [-0.4, -0.2) is 34.1 Å². The van der Waals surface area contributed by atoms with Gasteiger partial charge in [0.2, 0.25) is 0 Å². The van der Waals surface area contributed by atoms with Crippen LogP contribution in [0.3, 0.4) is 0 Å². The van der Waals surface area contributed by atoms with Crippen LogP contribution in [0.15, 0.2) is 18.2 Å². The van der Waals surface area contributed by atoms with Gasteiger partial charge in [-0.05, 0) is 45.5 Å². The van der Waals surface area contributed by atoms with Crippen molar-refractivity contribution in [1.29, 1.82) is 0 Å². The molecular formula is C16H23ClFN3. The molecule has 0 amide bonds. The van der Waals surface area contributed by atoms with Crippen molar-refractivity contribution in [3.63, 3.8) is 0 Å². The Bertz CT molecular complexity index is 609. The first-order valence-corrected chi connectivity index (χ1v) is 7.87. The third kappa shape index (κ3) is 3.55. The molecule has 3 nitrogen and oxygen atoms in total. The number of hydrogen-bond donors (Lipinski definition) is 0. The van der Waals surface area contributed by atoms with E-state index < -0.39 is 0 Å². The normalized spacial score (nSPS) is 14.8. The number of halogens is 2. The summed E-state index contributed by atoms with van der Waals surface area (Å²) >= 11 is 6.23. The average molecular weight is 312 g/mol. The number of nitrogens with zero attached hydrogens (tertiary/aromatic N) is 3. The van der Waals surface area contributed by atoms with Gasteiger partial charge in [-0.1, -0.05) is 6.92 Å². The molecule has 0 aliphatic rings. The van der Waals surface area contributed by atoms with E-state index in [1.54, 1.807) is 6.07 Å². The lowest BCUT2D eigenvalue weighted by atomic mass is 10.2. The summed E-state index contributed by atoms with van der Waals surface area (Å²) in [7, 11) is 2.11. The van der Waals surface area contributed by atoms with Crippen LogP contribution in [0.2, 0.25) is 0 Å². The smallest absolute Gasteiger partial charge is 0.127 e. The van der Waals surface area contributed by atoms with Crippen LogP contribution in [0.5, 0.6) is 0 Å². The molecule has 0 bridgehead atoms. The molecule has 21 heavy (non-hydrogen) atoms. The van der Waals surface area contributed by atoms with E-state index in [0.717, 1.165) is 36.4 Å². The number of alkyl halides is 1. The van der Waals surface area contributed by atoms with Crippen molar-refractivity contribution < 1.29 is 4.39 Å². The van der Waals surface area contributed by atoms with Crippen LogP contribution in [0, 0.1) is 5.82 Å². The summed E-state index contributed by atoms with van der Waals surface area (Å²) < 4.78 is 15.6. The molecule has 0 saturated carbocycles. The summed E-state index contributed by atoms with van der Waals surface area (Å²) in [4.78, 5) is 6.84. The van der Waals surface area contributed by atoms with Gasteiger partial charge >= 0.3 is 0 Å². The minimum Gasteiger partial charge on any atom is -0.325 e. The van der Waals surface area contributed by atoms with Gasteiger partial charge in [-0.25, -0.2) is 9.37 Å². The molecule has 116 valence electrons. The van der Waals surface area contributed by atoms with Gasteiger partial charge < -0.3 is 9.47 Å². The van der Waals surface area contributed by atoms with Crippen molar-refractivity contribution in [3.8, 4) is 0 Å². The zero-order valence-electron chi connectivity index (χ0n) is 13.1. The third-order valence-electron chi connectivity index (χ3n) is 4.12. The molecule has 2 unspecified atom stereocenters. The highest BCUT2D eigenvalue weighted by Gasteiger charge is 2.16. The van der Waals surface area contributed by atoms with E-state index in [0.29, 0.717) is 6.04 Å². The number of aromatic nitrogens is 2. The fourth-order valence-electron chi connectivity index (χ4n) is 2.44. The van der Waals surface area contributed by atoms with Gasteiger partial charge in [-0.15, -0.1) is 11.6 Å². The van der Waals surface area contributed by atoms with Gasteiger partial charge in [0.1, 0.15) is 11.6 Å². The topological polar surface area (TPSA) is 21.1 Å². The Kier molecular flexibility index (Phi) is 5.22. The summed E-state index contributed by atoms with van der Waals surface area (Å²) in [6, 6.07) is 5.21. The Morgan fingerprint density at radius 2 is 2.10 bits per heavy atom. The first-order chi connectivity index (χ1) is 9.93. The summed E-state index contributed by atoms with van der Waals surface area (Å²) in [6.45, 7) is 7.92. The van der Waals surface area contributed by atoms with Crippen molar-refractivity contribution in [3.05, 3.63) is 29.8 Å². The molecule has 1 aromatic carbocycles. The molecule has 2 atom stereocenters. The quantitative estimate of drug-likeness (QED) is 0.745. The van der Waals surface area contributed by atoms with Gasteiger partial charge in [0, 0.05) is 19.1 Å². The second kappa shape index (κ2) is 6.75. The van der Waals surface area contributed by atoms with Crippen LogP contribution < -0.4 is 0 Å². The Morgan fingerprint density at radius 3 is 2.71 bits per heavy atom. The predicted molar refractivity (Wildman–Crippen MR) is 86.3 cm³/mol. The van der Waals surface area contributed by atoms with E-state index in [4.69, 9.17) is 11.6 Å². The van der Waals surface area contributed by atoms with E-state index in [1.807, 2.05) is 11.5 Å². The monoisotopic (exact) mass is 311 g/mol. The van der Waals surface area contributed by atoms with E-state index in [1.165, 1.54) is 12.1 Å². The third-order valence-corrected chi connectivity index (χ3v) is 4.31. The average Bonchev–Trinajstić information content (AvgIpc) is 2.81. The summed E-state index contributed by atoms with van der Waals surface area (Å²) in [6.07, 6.45) is 1.11. The van der Waals surface area contributed by atoms with Crippen LogP contribution in [0.25, 0.3) is 11.0 Å². The van der Waals surface area contributed by atoms with Crippen LogP contribution in [0.4, 0.5) is 4.39 Å². The summed E-state index contributed by atoms with van der Waals surface area (Å²) in [5.41, 5.74) is 1.61. The molecule has 0 radical (unpaired) electrons. The number of likely N-dealkylation sites (N-methyl/N-ethyl adjacent to an activating group) is 1. The van der Waals surface area contributed by atoms with Gasteiger partial charge in [-0.2, -0.15) is 0 Å². The maximum Gasteiger partial charge on any atom is 0.127 e. The zero-order chi connectivity index (χ0) is 15.6. The maximum atomic E-state index is 13.5. The maximum absolute atomic E-state index is 13.5. The first-order valence-electron chi connectivity index (χ1n) is 7.44. The second-order valence-electron chi connectivity index (χ2n) is 5.61. The molecule has 0 spiro atoms. The SMILES string of the molecule is CCC(C)N(C)CCn1c(C(C)Cl)nc2ccc(F)cc21. The summed E-state index contributed by atoms with van der Waals surface area (Å²) in [5, 5.41) is -0.200. The highest BCUT2D eigenvalue weighted by atomic mass is 35.5. The van der Waals surface area contributed by atoms with E-state index in [9.17, 15) is 4.39 Å². The lowest BCUT2D eigenvalue weighted by molar-refractivity contribution is 0.242. The molecule has 2 aromatic rings. The fourth-order valence-corrected chi connectivity index (χ4v) is 2.61. The van der Waals surface area contributed by atoms with E-state index in [2.05, 4.69) is 30.8 Å². The first kappa shape index (κ1) is 16.2. The number of benzene rings is 1. The number of hydrogen-bond acceptors (Lipinski definition) is 2. The Hall–Kier alpha value is -1.13. The number of fused-ring (bicyclic) bond motifs is 1. The number of imidazole rings is 1. The summed E-state index contributed by atoms with van der Waals surface area (Å²) in [5.74, 6) is 0.558. The van der Waals surface area contributed by atoms with Crippen LogP contribution >= 0.6 is 11.6 Å². The van der Waals surface area contributed by atoms with E-state index in [-0.39, 0.29) is 11.2 Å². The van der Waals surface area contributed by atoms with Crippen LogP contribution in [-0.2, 0) is 6.54 Å². The van der Waals surface area contributed by atoms with Crippen molar-refractivity contribution in [1.82, 2.24) is 14.5 Å². The van der Waals surface area contributed by atoms with Gasteiger partial charge in [0.05, 0.1) is 16.4 Å². The van der Waals surface area contributed by atoms with Crippen molar-refractivity contribution in [2.75, 3.05) is 13.6 Å². The van der Waals surface area contributed by atoms with Gasteiger partial charge in [-0.3, -0.25) is 0 Å². The molecule has 0 N–H and O–H groups in total. The highest BCUT2D eigenvalue weighted by molar-refractivity contribution is 6.20. The van der Waals surface area contributed by atoms with Crippen molar-refractivity contribution in [2.45, 2.75) is 45.2 Å². The molecule has 5 heteroatoms. The van der Waals surface area contributed by atoms with Crippen molar-refractivity contribution in [2.24, 2.45) is 0 Å². The molecule has 1 aromatic heterocycles. The van der Waals surface area contributed by atoms with Gasteiger partial charge in [0.15, 0.2) is 0 Å². The Labute approximate surface area is 130 Å². The number of rotatable bonds is 6. The lowest BCUT2D eigenvalue weighted by Gasteiger charge is -2.24. The minimum absolute atomic E-state index is 0.200. The van der Waals surface area contributed by atoms with Gasteiger partial charge in [0.25, 0.3) is 0 Å². The molecule has 0 saturated heterocycles. The van der Waals surface area contributed by atoms with E-state index >= 15 is 0 Å².